The zero-order valence-corrected chi connectivity index (χ0v) is 16.3. The first-order valence-corrected chi connectivity index (χ1v) is 8.94. The smallest absolute Gasteiger partial charge is 0.410 e. The van der Waals surface area contributed by atoms with E-state index in [0.29, 0.717) is 30.3 Å². The maximum atomic E-state index is 12.4. The van der Waals surface area contributed by atoms with E-state index < -0.39 is 11.6 Å². The Labute approximate surface area is 158 Å². The van der Waals surface area contributed by atoms with Crippen LogP contribution in [0.2, 0.25) is 5.02 Å². The monoisotopic (exact) mass is 383 g/mol. The Bertz CT molecular complexity index is 675. The highest BCUT2D eigenvalue weighted by molar-refractivity contribution is 6.31. The van der Waals surface area contributed by atoms with E-state index in [1.54, 1.807) is 17.0 Å². The summed E-state index contributed by atoms with van der Waals surface area (Å²) in [7, 11) is 0. The maximum Gasteiger partial charge on any atom is 0.410 e. The molecule has 1 atom stereocenters. The molecule has 0 bridgehead atoms. The van der Waals surface area contributed by atoms with Gasteiger partial charge in [0, 0.05) is 30.7 Å². The second kappa shape index (κ2) is 8.03. The van der Waals surface area contributed by atoms with Gasteiger partial charge in [-0.2, -0.15) is 0 Å². The van der Waals surface area contributed by atoms with Gasteiger partial charge in [0.25, 0.3) is 0 Å². The van der Waals surface area contributed by atoms with Crippen LogP contribution in [0.25, 0.3) is 0 Å². The summed E-state index contributed by atoms with van der Waals surface area (Å²) in [5, 5.41) is 12.4. The molecule has 1 aliphatic rings. The first-order chi connectivity index (χ1) is 12.1. The zero-order chi connectivity index (χ0) is 19.5. The molecule has 1 unspecified atom stereocenters. The normalized spacial score (nSPS) is 17.8. The van der Waals surface area contributed by atoms with Gasteiger partial charge in [0.15, 0.2) is 0 Å². The van der Waals surface area contributed by atoms with Crippen LogP contribution in [0, 0.1) is 0 Å². The summed E-state index contributed by atoms with van der Waals surface area (Å²) in [6.45, 7) is 9.04. The molecule has 1 aliphatic heterocycles. The van der Waals surface area contributed by atoms with Crippen LogP contribution in [0.5, 0.6) is 0 Å². The Hall–Kier alpha value is -2.15. The number of carboxylic acid groups (broad SMARTS) is 1. The number of amides is 1. The van der Waals surface area contributed by atoms with Gasteiger partial charge >= 0.3 is 12.1 Å². The van der Waals surface area contributed by atoms with Crippen molar-refractivity contribution in [1.29, 1.82) is 0 Å². The molecule has 0 aliphatic carbocycles. The molecule has 144 valence electrons. The number of carboxylic acids is 1. The zero-order valence-electron chi connectivity index (χ0n) is 15.6. The molecule has 0 radical (unpaired) electrons. The lowest BCUT2D eigenvalue weighted by Crippen LogP contribution is -2.55. The van der Waals surface area contributed by atoms with Gasteiger partial charge in [-0.25, -0.2) is 4.79 Å². The SMILES string of the molecule is CC1CN(c2cc(Cl)ccc2NCC(=O)O)CCN1C(=O)OC(C)(C)C. The van der Waals surface area contributed by atoms with Crippen molar-refractivity contribution in [1.82, 2.24) is 4.90 Å². The summed E-state index contributed by atoms with van der Waals surface area (Å²) >= 11 is 6.13. The van der Waals surface area contributed by atoms with E-state index in [2.05, 4.69) is 10.2 Å². The Kier molecular flexibility index (Phi) is 6.23. The third kappa shape index (κ3) is 5.42. The fourth-order valence-corrected chi connectivity index (χ4v) is 3.02. The van der Waals surface area contributed by atoms with Gasteiger partial charge in [-0.1, -0.05) is 11.6 Å². The van der Waals surface area contributed by atoms with Crippen LogP contribution in [0.1, 0.15) is 27.7 Å². The molecule has 2 rings (SSSR count). The van der Waals surface area contributed by atoms with Gasteiger partial charge < -0.3 is 25.0 Å². The van der Waals surface area contributed by atoms with Crippen molar-refractivity contribution in [2.75, 3.05) is 36.4 Å². The van der Waals surface area contributed by atoms with Crippen molar-refractivity contribution in [3.63, 3.8) is 0 Å². The fraction of sp³-hybridized carbons (Fsp3) is 0.556. The minimum Gasteiger partial charge on any atom is -0.480 e. The van der Waals surface area contributed by atoms with E-state index in [4.69, 9.17) is 21.4 Å². The Morgan fingerprint density at radius 3 is 2.62 bits per heavy atom. The molecule has 8 heteroatoms. The summed E-state index contributed by atoms with van der Waals surface area (Å²) < 4.78 is 5.47. The van der Waals surface area contributed by atoms with E-state index in [1.165, 1.54) is 0 Å². The van der Waals surface area contributed by atoms with Crippen molar-refractivity contribution < 1.29 is 19.4 Å². The third-order valence-corrected chi connectivity index (χ3v) is 4.22. The van der Waals surface area contributed by atoms with E-state index in [1.807, 2.05) is 33.8 Å². The van der Waals surface area contributed by atoms with Crippen LogP contribution in [0.15, 0.2) is 18.2 Å². The molecule has 7 nitrogen and oxygen atoms in total. The average Bonchev–Trinajstić information content (AvgIpc) is 2.51. The lowest BCUT2D eigenvalue weighted by atomic mass is 10.1. The van der Waals surface area contributed by atoms with Crippen LogP contribution in [-0.2, 0) is 9.53 Å². The van der Waals surface area contributed by atoms with Crippen LogP contribution in [-0.4, -0.2) is 59.9 Å². The number of carbonyl (C=O) groups excluding carboxylic acids is 1. The molecule has 1 aromatic carbocycles. The molecule has 1 aromatic rings. The highest BCUT2D eigenvalue weighted by Gasteiger charge is 2.31. The lowest BCUT2D eigenvalue weighted by Gasteiger charge is -2.41. The Morgan fingerprint density at radius 1 is 1.35 bits per heavy atom. The van der Waals surface area contributed by atoms with Gasteiger partial charge in [0.05, 0.1) is 11.4 Å². The number of halogens is 1. The molecule has 1 saturated heterocycles. The number of benzene rings is 1. The average molecular weight is 384 g/mol. The van der Waals surface area contributed by atoms with Crippen molar-refractivity contribution in [3.05, 3.63) is 23.2 Å². The van der Waals surface area contributed by atoms with Crippen molar-refractivity contribution in [3.8, 4) is 0 Å². The number of anilines is 2. The predicted molar refractivity (Wildman–Crippen MR) is 102 cm³/mol. The number of hydrogen-bond donors (Lipinski definition) is 2. The number of carbonyl (C=O) groups is 2. The van der Waals surface area contributed by atoms with Crippen LogP contribution in [0.3, 0.4) is 0 Å². The van der Waals surface area contributed by atoms with E-state index >= 15 is 0 Å². The second-order valence-corrected chi connectivity index (χ2v) is 7.81. The summed E-state index contributed by atoms with van der Waals surface area (Å²) in [6.07, 6.45) is -0.319. The maximum absolute atomic E-state index is 12.4. The molecular formula is C18H26ClN3O4. The second-order valence-electron chi connectivity index (χ2n) is 7.38. The third-order valence-electron chi connectivity index (χ3n) is 3.99. The first kappa shape index (κ1) is 20.2. The molecule has 1 amide bonds. The number of nitrogens with zero attached hydrogens (tertiary/aromatic N) is 2. The Morgan fingerprint density at radius 2 is 2.04 bits per heavy atom. The highest BCUT2D eigenvalue weighted by Crippen LogP contribution is 2.31. The van der Waals surface area contributed by atoms with E-state index in [-0.39, 0.29) is 18.7 Å². The van der Waals surface area contributed by atoms with Gasteiger partial charge in [-0.3, -0.25) is 4.79 Å². The summed E-state index contributed by atoms with van der Waals surface area (Å²) in [6, 6.07) is 5.24. The number of ether oxygens (including phenoxy) is 1. The van der Waals surface area contributed by atoms with Gasteiger partial charge in [0.2, 0.25) is 0 Å². The number of piperazine rings is 1. The number of aliphatic carboxylic acids is 1. The fourth-order valence-electron chi connectivity index (χ4n) is 2.85. The molecule has 0 saturated carbocycles. The molecule has 1 heterocycles. The first-order valence-electron chi connectivity index (χ1n) is 8.56. The standard InChI is InChI=1S/C18H26ClN3O4/c1-12-11-21(7-8-22(12)17(25)26-18(2,3)4)15-9-13(19)5-6-14(15)20-10-16(23)24/h5-6,9,12,20H,7-8,10-11H2,1-4H3,(H,23,24). The molecule has 0 spiro atoms. The quantitative estimate of drug-likeness (QED) is 0.830. The molecule has 1 fully saturated rings. The summed E-state index contributed by atoms with van der Waals surface area (Å²) in [4.78, 5) is 27.0. The van der Waals surface area contributed by atoms with Gasteiger partial charge in [-0.05, 0) is 45.9 Å². The van der Waals surface area contributed by atoms with Crippen LogP contribution < -0.4 is 10.2 Å². The minimum absolute atomic E-state index is 0.0510. The van der Waals surface area contributed by atoms with Gasteiger partial charge in [-0.15, -0.1) is 0 Å². The van der Waals surface area contributed by atoms with Crippen molar-refractivity contribution in [2.45, 2.75) is 39.3 Å². The molecule has 0 aromatic heterocycles. The van der Waals surface area contributed by atoms with Gasteiger partial charge in [0.1, 0.15) is 12.1 Å². The number of hydrogen-bond acceptors (Lipinski definition) is 5. The Balaban J connectivity index is 2.12. The van der Waals surface area contributed by atoms with Crippen LogP contribution >= 0.6 is 11.6 Å². The largest absolute Gasteiger partial charge is 0.480 e. The molecular weight excluding hydrogens is 358 g/mol. The minimum atomic E-state index is -0.936. The van der Waals surface area contributed by atoms with E-state index in [9.17, 15) is 9.59 Å². The highest BCUT2D eigenvalue weighted by atomic mass is 35.5. The summed E-state index contributed by atoms with van der Waals surface area (Å²) in [5.74, 6) is -0.936. The predicted octanol–water partition coefficient (Wildman–Crippen LogP) is 3.28. The topological polar surface area (TPSA) is 82.1 Å². The van der Waals surface area contributed by atoms with E-state index in [0.717, 1.165) is 5.69 Å². The molecule has 26 heavy (non-hydrogen) atoms. The lowest BCUT2D eigenvalue weighted by molar-refractivity contribution is -0.134. The van der Waals surface area contributed by atoms with Crippen molar-refractivity contribution in [2.24, 2.45) is 0 Å². The van der Waals surface area contributed by atoms with Crippen LogP contribution in [0.4, 0.5) is 16.2 Å². The number of nitrogens with one attached hydrogen (secondary N) is 1. The molecule has 2 N–H and O–H groups in total. The summed E-state index contributed by atoms with van der Waals surface area (Å²) in [5.41, 5.74) is 0.999. The van der Waals surface area contributed by atoms with Crippen molar-refractivity contribution >= 4 is 35.0 Å². The number of rotatable bonds is 4.